The highest BCUT2D eigenvalue weighted by atomic mass is 35.5. The molecule has 1 aromatic carbocycles. The maximum absolute atomic E-state index is 12.1. The summed E-state index contributed by atoms with van der Waals surface area (Å²) < 4.78 is 27.6. The zero-order chi connectivity index (χ0) is 14.2. The van der Waals surface area contributed by atoms with Crippen molar-refractivity contribution in [3.05, 3.63) is 41.4 Å². The molecule has 3 rings (SSSR count). The fraction of sp³-hybridized carbons (Fsp3) is 0. The molecule has 0 amide bonds. The van der Waals surface area contributed by atoms with Gasteiger partial charge in [-0.25, -0.2) is 23.4 Å². The minimum Gasteiger partial charge on any atom is -0.279 e. The highest BCUT2D eigenvalue weighted by molar-refractivity contribution is 7.92. The molecule has 102 valence electrons. The first-order valence-corrected chi connectivity index (χ1v) is 8.12. The van der Waals surface area contributed by atoms with Gasteiger partial charge in [0.05, 0.1) is 33.8 Å². The van der Waals surface area contributed by atoms with Crippen LogP contribution in [0.2, 0.25) is 5.28 Å². The van der Waals surface area contributed by atoms with Crippen LogP contribution in [0.15, 0.2) is 41.0 Å². The molecule has 0 atom stereocenters. The molecule has 6 nitrogen and oxygen atoms in total. The Morgan fingerprint density at radius 1 is 1.15 bits per heavy atom. The van der Waals surface area contributed by atoms with Crippen LogP contribution in [0.5, 0.6) is 0 Å². The number of hydrogen-bond donors (Lipinski definition) is 1. The van der Waals surface area contributed by atoms with E-state index in [2.05, 4.69) is 19.7 Å². The average Bonchev–Trinajstić information content (AvgIpc) is 2.86. The Balaban J connectivity index is 1.94. The second-order valence-electron chi connectivity index (χ2n) is 3.83. The molecule has 0 saturated heterocycles. The third-order valence-electron chi connectivity index (χ3n) is 2.49. The zero-order valence-corrected chi connectivity index (χ0v) is 12.2. The summed E-state index contributed by atoms with van der Waals surface area (Å²) in [5.74, 6) is 0. The Labute approximate surface area is 123 Å². The lowest BCUT2D eigenvalue weighted by atomic mass is 10.3. The molecule has 9 heteroatoms. The molecule has 0 aliphatic rings. The fourth-order valence-corrected chi connectivity index (χ4v) is 3.32. The quantitative estimate of drug-likeness (QED) is 0.748. The standard InChI is InChI=1S/C11H7ClN4O2S2/c12-11-13-4-8(5-14-11)20(17,18)16-7-1-2-9-10(3-7)19-6-15-9/h1-6,16H. The van der Waals surface area contributed by atoms with E-state index in [0.717, 1.165) is 22.6 Å². The van der Waals surface area contributed by atoms with Crippen LogP contribution < -0.4 is 4.72 Å². The van der Waals surface area contributed by atoms with Crippen LogP contribution in [-0.4, -0.2) is 23.4 Å². The number of benzene rings is 1. The second-order valence-corrected chi connectivity index (χ2v) is 6.73. The Hall–Kier alpha value is -1.77. The van der Waals surface area contributed by atoms with E-state index in [-0.39, 0.29) is 10.2 Å². The number of nitrogens with one attached hydrogen (secondary N) is 1. The lowest BCUT2D eigenvalue weighted by molar-refractivity contribution is 0.600. The normalized spacial score (nSPS) is 11.7. The van der Waals surface area contributed by atoms with E-state index in [1.165, 1.54) is 11.3 Å². The van der Waals surface area contributed by atoms with Gasteiger partial charge in [0, 0.05) is 0 Å². The third-order valence-corrected chi connectivity index (χ3v) is 4.81. The topological polar surface area (TPSA) is 84.8 Å². The molecular formula is C11H7ClN4O2S2. The summed E-state index contributed by atoms with van der Waals surface area (Å²) in [6.45, 7) is 0. The van der Waals surface area contributed by atoms with Gasteiger partial charge in [-0.2, -0.15) is 0 Å². The first kappa shape index (κ1) is 13.2. The number of halogens is 1. The van der Waals surface area contributed by atoms with Crippen LogP contribution in [0.1, 0.15) is 0 Å². The zero-order valence-electron chi connectivity index (χ0n) is 9.82. The predicted octanol–water partition coefficient (Wildman–Crippen LogP) is 2.54. The molecule has 0 aliphatic carbocycles. The maximum atomic E-state index is 12.1. The van der Waals surface area contributed by atoms with Gasteiger partial charge in [-0.1, -0.05) is 0 Å². The molecule has 0 saturated carbocycles. The van der Waals surface area contributed by atoms with Crippen molar-refractivity contribution in [3.63, 3.8) is 0 Å². The van der Waals surface area contributed by atoms with Crippen molar-refractivity contribution in [1.29, 1.82) is 0 Å². The van der Waals surface area contributed by atoms with Crippen molar-refractivity contribution in [2.24, 2.45) is 0 Å². The summed E-state index contributed by atoms with van der Waals surface area (Å²) in [5.41, 5.74) is 2.99. The van der Waals surface area contributed by atoms with Crippen LogP contribution in [0.25, 0.3) is 10.2 Å². The van der Waals surface area contributed by atoms with E-state index in [1.54, 1.807) is 23.7 Å². The molecule has 1 N–H and O–H groups in total. The number of aromatic nitrogens is 3. The van der Waals surface area contributed by atoms with Crippen LogP contribution in [0.4, 0.5) is 5.69 Å². The van der Waals surface area contributed by atoms with E-state index in [1.807, 2.05) is 0 Å². The van der Waals surface area contributed by atoms with Crippen LogP contribution in [0, 0.1) is 0 Å². The number of thiazole rings is 1. The summed E-state index contributed by atoms with van der Waals surface area (Å²) in [6.07, 6.45) is 2.31. The number of sulfonamides is 1. The van der Waals surface area contributed by atoms with E-state index >= 15 is 0 Å². The van der Waals surface area contributed by atoms with Gasteiger partial charge in [0.2, 0.25) is 5.28 Å². The van der Waals surface area contributed by atoms with Gasteiger partial charge in [-0.15, -0.1) is 11.3 Å². The first-order valence-electron chi connectivity index (χ1n) is 5.38. The molecule has 0 aliphatic heterocycles. The van der Waals surface area contributed by atoms with Crippen molar-refractivity contribution in [3.8, 4) is 0 Å². The summed E-state index contributed by atoms with van der Waals surface area (Å²) in [6, 6.07) is 5.12. The van der Waals surface area contributed by atoms with Crippen molar-refractivity contribution in [2.75, 3.05) is 4.72 Å². The van der Waals surface area contributed by atoms with Crippen LogP contribution in [0.3, 0.4) is 0 Å². The molecule has 0 bridgehead atoms. The van der Waals surface area contributed by atoms with Crippen molar-refractivity contribution < 1.29 is 8.42 Å². The second kappa shape index (κ2) is 4.97. The molecular weight excluding hydrogens is 320 g/mol. The minimum absolute atomic E-state index is 0.00460. The average molecular weight is 327 g/mol. The van der Waals surface area contributed by atoms with Gasteiger partial charge >= 0.3 is 0 Å². The fourth-order valence-electron chi connectivity index (χ4n) is 1.57. The van der Waals surface area contributed by atoms with Crippen molar-refractivity contribution in [2.45, 2.75) is 4.90 Å². The maximum Gasteiger partial charge on any atom is 0.264 e. The summed E-state index contributed by atoms with van der Waals surface area (Å²) in [5, 5.41) is -0.00460. The lowest BCUT2D eigenvalue weighted by Crippen LogP contribution is -2.13. The number of nitrogens with zero attached hydrogens (tertiary/aromatic N) is 3. The largest absolute Gasteiger partial charge is 0.279 e. The molecule has 0 fully saturated rings. The Kier molecular flexibility index (Phi) is 3.28. The monoisotopic (exact) mass is 326 g/mol. The Morgan fingerprint density at radius 2 is 1.90 bits per heavy atom. The Morgan fingerprint density at radius 3 is 2.65 bits per heavy atom. The van der Waals surface area contributed by atoms with Crippen LogP contribution in [-0.2, 0) is 10.0 Å². The molecule has 0 spiro atoms. The van der Waals surface area contributed by atoms with E-state index in [0.29, 0.717) is 5.69 Å². The van der Waals surface area contributed by atoms with E-state index < -0.39 is 10.0 Å². The van der Waals surface area contributed by atoms with Crippen molar-refractivity contribution >= 4 is 48.9 Å². The first-order chi connectivity index (χ1) is 9.54. The summed E-state index contributed by atoms with van der Waals surface area (Å²) in [4.78, 5) is 11.4. The van der Waals surface area contributed by atoms with E-state index in [4.69, 9.17) is 11.6 Å². The van der Waals surface area contributed by atoms with E-state index in [9.17, 15) is 8.42 Å². The molecule has 0 unspecified atom stereocenters. The minimum atomic E-state index is -3.73. The van der Waals surface area contributed by atoms with Gasteiger partial charge in [0.1, 0.15) is 4.90 Å². The van der Waals surface area contributed by atoms with Gasteiger partial charge in [-0.05, 0) is 29.8 Å². The number of hydrogen-bond acceptors (Lipinski definition) is 6. The van der Waals surface area contributed by atoms with Gasteiger partial charge < -0.3 is 0 Å². The highest BCUT2D eigenvalue weighted by Crippen LogP contribution is 2.23. The summed E-state index contributed by atoms with van der Waals surface area (Å²) in [7, 11) is -3.73. The number of anilines is 1. The predicted molar refractivity (Wildman–Crippen MR) is 77.5 cm³/mol. The molecule has 20 heavy (non-hydrogen) atoms. The van der Waals surface area contributed by atoms with Gasteiger partial charge in [0.25, 0.3) is 10.0 Å². The lowest BCUT2D eigenvalue weighted by Gasteiger charge is -2.07. The number of rotatable bonds is 3. The molecule has 0 radical (unpaired) electrons. The summed E-state index contributed by atoms with van der Waals surface area (Å²) >= 11 is 6.97. The highest BCUT2D eigenvalue weighted by Gasteiger charge is 2.15. The smallest absolute Gasteiger partial charge is 0.264 e. The van der Waals surface area contributed by atoms with Crippen molar-refractivity contribution in [1.82, 2.24) is 15.0 Å². The Bertz CT molecular complexity index is 862. The van der Waals surface area contributed by atoms with Gasteiger partial charge in [0.15, 0.2) is 0 Å². The number of fused-ring (bicyclic) bond motifs is 1. The molecule has 2 heterocycles. The third kappa shape index (κ3) is 2.58. The van der Waals surface area contributed by atoms with Gasteiger partial charge in [-0.3, -0.25) is 4.72 Å². The van der Waals surface area contributed by atoms with Crippen LogP contribution >= 0.6 is 22.9 Å². The molecule has 3 aromatic rings. The SMILES string of the molecule is O=S(=O)(Nc1ccc2ncsc2c1)c1cnc(Cl)nc1. The molecule has 2 aromatic heterocycles.